The number of amides is 1. The third-order valence-corrected chi connectivity index (χ3v) is 3.58. The van der Waals surface area contributed by atoms with Gasteiger partial charge in [-0.2, -0.15) is 0 Å². The van der Waals surface area contributed by atoms with E-state index in [4.69, 9.17) is 23.2 Å². The fourth-order valence-electron chi connectivity index (χ4n) is 1.46. The molecule has 0 spiro atoms. The summed E-state index contributed by atoms with van der Waals surface area (Å²) in [5.74, 6) is -0.336. The number of phenolic OH excluding ortho intramolecular Hbond substituents is 1. The lowest BCUT2D eigenvalue weighted by Gasteiger charge is -2.08. The van der Waals surface area contributed by atoms with Gasteiger partial charge in [-0.15, -0.1) is 0 Å². The smallest absolute Gasteiger partial charge is 0.256 e. The largest absolute Gasteiger partial charge is 0.506 e. The highest BCUT2D eigenvalue weighted by molar-refractivity contribution is 9.10. The number of aromatic hydroxyl groups is 1. The molecule has 0 saturated carbocycles. The van der Waals surface area contributed by atoms with Crippen molar-refractivity contribution in [3.63, 3.8) is 0 Å². The molecule has 0 aliphatic rings. The highest BCUT2D eigenvalue weighted by atomic mass is 79.9. The fraction of sp³-hybridized carbons (Fsp3) is 0. The first-order valence-electron chi connectivity index (χ1n) is 5.22. The summed E-state index contributed by atoms with van der Waals surface area (Å²) in [6.45, 7) is 0. The van der Waals surface area contributed by atoms with Crippen LogP contribution in [0, 0.1) is 0 Å². The molecule has 6 heteroatoms. The lowest BCUT2D eigenvalue weighted by atomic mass is 10.2. The predicted octanol–water partition coefficient (Wildman–Crippen LogP) is 4.71. The number of hydrogen-bond donors (Lipinski definition) is 2. The zero-order chi connectivity index (χ0) is 14.0. The summed E-state index contributed by atoms with van der Waals surface area (Å²) in [5.41, 5.74) is 0.947. The Hall–Kier alpha value is -1.23. The van der Waals surface area contributed by atoms with Gasteiger partial charge in [0.15, 0.2) is 0 Å². The van der Waals surface area contributed by atoms with Gasteiger partial charge in [0, 0.05) is 15.2 Å². The number of anilines is 1. The van der Waals surface area contributed by atoms with E-state index >= 15 is 0 Å². The third-order valence-electron chi connectivity index (χ3n) is 2.38. The lowest BCUT2D eigenvalue weighted by molar-refractivity contribution is 0.102. The molecular formula is C13H8BrCl2NO2. The molecule has 3 nitrogen and oxygen atoms in total. The number of carbonyl (C=O) groups excluding carboxylic acids is 1. The average molecular weight is 361 g/mol. The number of phenols is 1. The van der Waals surface area contributed by atoms with Crippen LogP contribution in [0.3, 0.4) is 0 Å². The normalized spacial score (nSPS) is 10.3. The van der Waals surface area contributed by atoms with E-state index in [0.717, 1.165) is 0 Å². The number of benzene rings is 2. The van der Waals surface area contributed by atoms with E-state index in [-0.39, 0.29) is 16.7 Å². The Morgan fingerprint density at radius 2 is 1.89 bits per heavy atom. The van der Waals surface area contributed by atoms with Crippen molar-refractivity contribution in [2.75, 3.05) is 5.32 Å². The minimum atomic E-state index is -0.301. The van der Waals surface area contributed by atoms with Crippen LogP contribution in [0.25, 0.3) is 0 Å². The molecule has 0 aromatic heterocycles. The van der Waals surface area contributed by atoms with Crippen LogP contribution in [-0.2, 0) is 0 Å². The quantitative estimate of drug-likeness (QED) is 0.761. The lowest BCUT2D eigenvalue weighted by Crippen LogP contribution is -2.12. The summed E-state index contributed by atoms with van der Waals surface area (Å²) >= 11 is 14.9. The molecular weight excluding hydrogens is 353 g/mol. The maximum absolute atomic E-state index is 12.1. The van der Waals surface area contributed by atoms with E-state index in [1.165, 1.54) is 12.1 Å². The van der Waals surface area contributed by atoms with Crippen molar-refractivity contribution < 1.29 is 9.90 Å². The van der Waals surface area contributed by atoms with Crippen molar-refractivity contribution in [1.82, 2.24) is 0 Å². The number of nitrogens with one attached hydrogen (secondary N) is 1. The Kier molecular flexibility index (Phi) is 4.34. The van der Waals surface area contributed by atoms with Gasteiger partial charge in [0.2, 0.25) is 0 Å². The van der Waals surface area contributed by atoms with Crippen molar-refractivity contribution >= 4 is 50.7 Å². The molecule has 0 unspecified atom stereocenters. The van der Waals surface area contributed by atoms with Crippen LogP contribution in [0.2, 0.25) is 10.0 Å². The van der Waals surface area contributed by atoms with Crippen LogP contribution < -0.4 is 5.32 Å². The molecule has 0 aliphatic carbocycles. The number of halogens is 3. The van der Waals surface area contributed by atoms with E-state index in [2.05, 4.69) is 21.2 Å². The van der Waals surface area contributed by atoms with E-state index in [9.17, 15) is 9.90 Å². The van der Waals surface area contributed by atoms with Crippen molar-refractivity contribution in [2.45, 2.75) is 0 Å². The summed E-state index contributed by atoms with van der Waals surface area (Å²) in [6.07, 6.45) is 0. The minimum absolute atomic E-state index is 0.0349. The summed E-state index contributed by atoms with van der Waals surface area (Å²) in [6, 6.07) is 9.32. The highest BCUT2D eigenvalue weighted by Gasteiger charge is 2.11. The van der Waals surface area contributed by atoms with E-state index in [0.29, 0.717) is 20.7 Å². The van der Waals surface area contributed by atoms with Crippen LogP contribution in [0.5, 0.6) is 5.75 Å². The van der Waals surface area contributed by atoms with Gasteiger partial charge in [0.1, 0.15) is 5.75 Å². The van der Waals surface area contributed by atoms with Crippen LogP contribution in [-0.4, -0.2) is 11.0 Å². The zero-order valence-electron chi connectivity index (χ0n) is 9.45. The molecule has 19 heavy (non-hydrogen) atoms. The monoisotopic (exact) mass is 359 g/mol. The molecule has 2 aromatic carbocycles. The van der Waals surface area contributed by atoms with Gasteiger partial charge >= 0.3 is 0 Å². The van der Waals surface area contributed by atoms with E-state index in [1.54, 1.807) is 24.3 Å². The molecule has 0 aliphatic heterocycles. The second-order valence-corrected chi connectivity index (χ2v) is 5.44. The third kappa shape index (κ3) is 3.41. The van der Waals surface area contributed by atoms with Crippen molar-refractivity contribution in [1.29, 1.82) is 0 Å². The van der Waals surface area contributed by atoms with Crippen LogP contribution >= 0.6 is 39.1 Å². The number of hydrogen-bond acceptors (Lipinski definition) is 2. The second-order valence-electron chi connectivity index (χ2n) is 3.74. The number of rotatable bonds is 2. The van der Waals surface area contributed by atoms with Crippen LogP contribution in [0.15, 0.2) is 40.9 Å². The molecule has 0 bridgehead atoms. The maximum atomic E-state index is 12.1. The minimum Gasteiger partial charge on any atom is -0.506 e. The van der Waals surface area contributed by atoms with Crippen molar-refractivity contribution in [3.05, 3.63) is 56.5 Å². The first-order valence-corrected chi connectivity index (χ1v) is 6.77. The Morgan fingerprint density at radius 3 is 2.53 bits per heavy atom. The fourth-order valence-corrected chi connectivity index (χ4v) is 2.50. The first-order chi connectivity index (χ1) is 8.97. The predicted molar refractivity (Wildman–Crippen MR) is 80.2 cm³/mol. The molecule has 0 radical (unpaired) electrons. The van der Waals surface area contributed by atoms with Crippen LogP contribution in [0.4, 0.5) is 5.69 Å². The molecule has 2 N–H and O–H groups in total. The van der Waals surface area contributed by atoms with Gasteiger partial charge < -0.3 is 10.4 Å². The van der Waals surface area contributed by atoms with Gasteiger partial charge in [-0.1, -0.05) is 23.2 Å². The van der Waals surface area contributed by atoms with Crippen molar-refractivity contribution in [3.8, 4) is 5.75 Å². The SMILES string of the molecule is O=C(Nc1ccc(O)c(Cl)c1)c1ccc(Cl)cc1Br. The van der Waals surface area contributed by atoms with Gasteiger partial charge in [-0.25, -0.2) is 0 Å². The van der Waals surface area contributed by atoms with E-state index in [1.807, 2.05) is 0 Å². The zero-order valence-corrected chi connectivity index (χ0v) is 12.6. The summed E-state index contributed by atoms with van der Waals surface area (Å²) in [7, 11) is 0. The topological polar surface area (TPSA) is 49.3 Å². The van der Waals surface area contributed by atoms with Crippen LogP contribution in [0.1, 0.15) is 10.4 Å². The summed E-state index contributed by atoms with van der Waals surface area (Å²) < 4.78 is 0.599. The molecule has 1 amide bonds. The standard InChI is InChI=1S/C13H8BrCl2NO2/c14-10-5-7(15)1-3-9(10)13(19)17-8-2-4-12(18)11(16)6-8/h1-6,18H,(H,17,19). The molecule has 98 valence electrons. The van der Waals surface area contributed by atoms with Gasteiger partial charge in [0.25, 0.3) is 5.91 Å². The summed E-state index contributed by atoms with van der Waals surface area (Å²) in [5, 5.41) is 12.7. The second kappa shape index (κ2) is 5.82. The van der Waals surface area contributed by atoms with Crippen molar-refractivity contribution in [2.24, 2.45) is 0 Å². The molecule has 2 aromatic rings. The highest BCUT2D eigenvalue weighted by Crippen LogP contribution is 2.27. The van der Waals surface area contributed by atoms with Gasteiger partial charge in [-0.05, 0) is 52.3 Å². The Bertz CT molecular complexity index is 647. The molecule has 0 atom stereocenters. The molecule has 0 heterocycles. The molecule has 0 saturated heterocycles. The first kappa shape index (κ1) is 14.2. The molecule has 2 rings (SSSR count). The molecule has 0 fully saturated rings. The Balaban J connectivity index is 2.23. The number of carbonyl (C=O) groups is 1. The Morgan fingerprint density at radius 1 is 1.16 bits per heavy atom. The van der Waals surface area contributed by atoms with Gasteiger partial charge in [0.05, 0.1) is 10.6 Å². The van der Waals surface area contributed by atoms with Gasteiger partial charge in [-0.3, -0.25) is 4.79 Å². The Labute approximate surface area is 128 Å². The maximum Gasteiger partial charge on any atom is 0.256 e. The van der Waals surface area contributed by atoms with E-state index < -0.39 is 0 Å². The summed E-state index contributed by atoms with van der Waals surface area (Å²) in [4.78, 5) is 12.1. The average Bonchev–Trinajstić information content (AvgIpc) is 2.33.